The molecule has 1 fully saturated rings. The van der Waals surface area contributed by atoms with Crippen LogP contribution < -0.4 is 5.32 Å². The summed E-state index contributed by atoms with van der Waals surface area (Å²) < 4.78 is 6.00. The summed E-state index contributed by atoms with van der Waals surface area (Å²) >= 11 is 0. The highest BCUT2D eigenvalue weighted by Crippen LogP contribution is 2.19. The average Bonchev–Trinajstić information content (AvgIpc) is 2.25. The van der Waals surface area contributed by atoms with Gasteiger partial charge in [0.2, 0.25) is 0 Å². The molecular formula is C12H26N2O. The summed E-state index contributed by atoms with van der Waals surface area (Å²) in [6.07, 6.45) is 2.43. The quantitative estimate of drug-likeness (QED) is 0.725. The Hall–Kier alpha value is -0.120. The largest absolute Gasteiger partial charge is 0.373 e. The molecule has 1 unspecified atom stereocenters. The molecule has 0 saturated carbocycles. The van der Waals surface area contributed by atoms with Crippen LogP contribution in [-0.2, 0) is 4.74 Å². The molecule has 15 heavy (non-hydrogen) atoms. The van der Waals surface area contributed by atoms with Crippen molar-refractivity contribution < 1.29 is 4.74 Å². The normalized spacial score (nSPS) is 27.2. The number of rotatable bonds is 6. The maximum absolute atomic E-state index is 6.00. The van der Waals surface area contributed by atoms with Crippen molar-refractivity contribution in [2.75, 3.05) is 39.3 Å². The first-order valence-electron chi connectivity index (χ1n) is 6.27. The third-order valence-electron chi connectivity index (χ3n) is 3.31. The van der Waals surface area contributed by atoms with Crippen LogP contribution in [0.2, 0.25) is 0 Å². The third kappa shape index (κ3) is 4.49. The first kappa shape index (κ1) is 12.9. The smallest absolute Gasteiger partial charge is 0.0779 e. The molecule has 1 atom stereocenters. The van der Waals surface area contributed by atoms with Crippen LogP contribution in [0.15, 0.2) is 0 Å². The summed E-state index contributed by atoms with van der Waals surface area (Å²) in [7, 11) is 0. The van der Waals surface area contributed by atoms with Crippen molar-refractivity contribution in [3.63, 3.8) is 0 Å². The van der Waals surface area contributed by atoms with Crippen LogP contribution >= 0.6 is 0 Å². The minimum atomic E-state index is 0.0748. The van der Waals surface area contributed by atoms with E-state index in [2.05, 4.69) is 31.0 Å². The van der Waals surface area contributed by atoms with Crippen molar-refractivity contribution >= 4 is 0 Å². The second kappa shape index (κ2) is 6.46. The molecule has 1 heterocycles. The van der Waals surface area contributed by atoms with Crippen LogP contribution in [0.1, 0.15) is 33.6 Å². The fourth-order valence-electron chi connectivity index (χ4n) is 2.11. The van der Waals surface area contributed by atoms with Gasteiger partial charge in [0, 0.05) is 13.1 Å². The van der Waals surface area contributed by atoms with Gasteiger partial charge in [-0.3, -0.25) is 0 Å². The van der Waals surface area contributed by atoms with Gasteiger partial charge >= 0.3 is 0 Å². The molecule has 0 aromatic rings. The van der Waals surface area contributed by atoms with E-state index in [4.69, 9.17) is 4.74 Å². The van der Waals surface area contributed by atoms with Crippen molar-refractivity contribution in [1.29, 1.82) is 0 Å². The molecule has 0 aromatic carbocycles. The number of piperidine rings is 1. The molecule has 1 rings (SSSR count). The Balaban J connectivity index is 2.17. The Morgan fingerprint density at radius 2 is 2.07 bits per heavy atom. The SMILES string of the molecule is CCN(CC)CCOC1(C)CCCNC1. The molecule has 90 valence electrons. The lowest BCUT2D eigenvalue weighted by Crippen LogP contribution is -2.46. The molecule has 1 aliphatic heterocycles. The van der Waals surface area contributed by atoms with Crippen molar-refractivity contribution in [3.8, 4) is 0 Å². The van der Waals surface area contributed by atoms with E-state index in [1.807, 2.05) is 0 Å². The summed E-state index contributed by atoms with van der Waals surface area (Å²) in [5, 5.41) is 3.40. The minimum absolute atomic E-state index is 0.0748. The van der Waals surface area contributed by atoms with Gasteiger partial charge in [-0.25, -0.2) is 0 Å². The molecule has 0 bridgehead atoms. The van der Waals surface area contributed by atoms with E-state index in [0.717, 1.165) is 39.3 Å². The Bertz CT molecular complexity index is 163. The molecule has 0 radical (unpaired) electrons. The van der Waals surface area contributed by atoms with Crippen molar-refractivity contribution in [1.82, 2.24) is 10.2 Å². The maximum Gasteiger partial charge on any atom is 0.0779 e. The lowest BCUT2D eigenvalue weighted by atomic mass is 9.96. The zero-order valence-corrected chi connectivity index (χ0v) is 10.5. The maximum atomic E-state index is 6.00. The number of nitrogens with one attached hydrogen (secondary N) is 1. The Morgan fingerprint density at radius 1 is 1.33 bits per heavy atom. The number of hydrogen-bond donors (Lipinski definition) is 1. The van der Waals surface area contributed by atoms with Gasteiger partial charge in [-0.15, -0.1) is 0 Å². The van der Waals surface area contributed by atoms with Gasteiger partial charge in [0.05, 0.1) is 12.2 Å². The number of ether oxygens (including phenoxy) is 1. The summed E-state index contributed by atoms with van der Waals surface area (Å²) in [5.41, 5.74) is 0.0748. The molecule has 3 heteroatoms. The van der Waals surface area contributed by atoms with Crippen LogP contribution in [0.3, 0.4) is 0 Å². The first-order chi connectivity index (χ1) is 7.20. The zero-order chi connectivity index (χ0) is 11.1. The lowest BCUT2D eigenvalue weighted by Gasteiger charge is -2.34. The van der Waals surface area contributed by atoms with Gasteiger partial charge in [-0.1, -0.05) is 13.8 Å². The Labute approximate surface area is 94.2 Å². The predicted molar refractivity (Wildman–Crippen MR) is 64.2 cm³/mol. The average molecular weight is 214 g/mol. The fraction of sp³-hybridized carbons (Fsp3) is 1.00. The highest BCUT2D eigenvalue weighted by atomic mass is 16.5. The second-order valence-corrected chi connectivity index (χ2v) is 4.61. The standard InChI is InChI=1S/C12H26N2O/c1-4-14(5-2)9-10-15-12(3)7-6-8-13-11-12/h13H,4-11H2,1-3H3. The molecule has 0 aliphatic carbocycles. The van der Waals surface area contributed by atoms with Crippen molar-refractivity contribution in [2.45, 2.75) is 39.2 Å². The summed E-state index contributed by atoms with van der Waals surface area (Å²) in [6, 6.07) is 0. The van der Waals surface area contributed by atoms with E-state index < -0.39 is 0 Å². The van der Waals surface area contributed by atoms with Crippen molar-refractivity contribution in [3.05, 3.63) is 0 Å². The van der Waals surface area contributed by atoms with E-state index >= 15 is 0 Å². The van der Waals surface area contributed by atoms with Crippen molar-refractivity contribution in [2.24, 2.45) is 0 Å². The highest BCUT2D eigenvalue weighted by Gasteiger charge is 2.27. The lowest BCUT2D eigenvalue weighted by molar-refractivity contribution is -0.0526. The molecule has 1 saturated heterocycles. The van der Waals surface area contributed by atoms with Crippen LogP contribution in [0, 0.1) is 0 Å². The van der Waals surface area contributed by atoms with Crippen LogP contribution in [-0.4, -0.2) is 49.8 Å². The molecule has 0 amide bonds. The van der Waals surface area contributed by atoms with Gasteiger partial charge in [0.1, 0.15) is 0 Å². The molecule has 0 aromatic heterocycles. The summed E-state index contributed by atoms with van der Waals surface area (Å²) in [6.45, 7) is 12.9. The summed E-state index contributed by atoms with van der Waals surface area (Å²) in [5.74, 6) is 0. The second-order valence-electron chi connectivity index (χ2n) is 4.61. The highest BCUT2D eigenvalue weighted by molar-refractivity contribution is 4.82. The minimum Gasteiger partial charge on any atom is -0.373 e. The van der Waals surface area contributed by atoms with E-state index in [-0.39, 0.29) is 5.60 Å². The van der Waals surface area contributed by atoms with Gasteiger partial charge in [-0.2, -0.15) is 0 Å². The Kier molecular flexibility index (Phi) is 5.58. The van der Waals surface area contributed by atoms with E-state index in [1.165, 1.54) is 12.8 Å². The number of likely N-dealkylation sites (N-methyl/N-ethyl adjacent to an activating group) is 1. The third-order valence-corrected chi connectivity index (χ3v) is 3.31. The first-order valence-corrected chi connectivity index (χ1v) is 6.27. The topological polar surface area (TPSA) is 24.5 Å². The fourth-order valence-corrected chi connectivity index (χ4v) is 2.11. The molecule has 0 spiro atoms. The number of nitrogens with zero attached hydrogens (tertiary/aromatic N) is 1. The molecular weight excluding hydrogens is 188 g/mol. The van der Waals surface area contributed by atoms with Crippen LogP contribution in [0.5, 0.6) is 0 Å². The van der Waals surface area contributed by atoms with Gasteiger partial charge in [0.15, 0.2) is 0 Å². The van der Waals surface area contributed by atoms with E-state index in [9.17, 15) is 0 Å². The van der Waals surface area contributed by atoms with Gasteiger partial charge in [0.25, 0.3) is 0 Å². The van der Waals surface area contributed by atoms with Crippen LogP contribution in [0.25, 0.3) is 0 Å². The molecule has 1 N–H and O–H groups in total. The van der Waals surface area contributed by atoms with E-state index in [1.54, 1.807) is 0 Å². The van der Waals surface area contributed by atoms with Gasteiger partial charge in [-0.05, 0) is 39.4 Å². The molecule has 1 aliphatic rings. The Morgan fingerprint density at radius 3 is 2.60 bits per heavy atom. The van der Waals surface area contributed by atoms with Gasteiger partial charge < -0.3 is 15.0 Å². The number of hydrogen-bond acceptors (Lipinski definition) is 3. The van der Waals surface area contributed by atoms with E-state index in [0.29, 0.717) is 0 Å². The molecule has 3 nitrogen and oxygen atoms in total. The summed E-state index contributed by atoms with van der Waals surface area (Å²) in [4.78, 5) is 2.40. The monoisotopic (exact) mass is 214 g/mol. The predicted octanol–water partition coefficient (Wildman–Crippen LogP) is 1.49. The zero-order valence-electron chi connectivity index (χ0n) is 10.5. The van der Waals surface area contributed by atoms with Crippen LogP contribution in [0.4, 0.5) is 0 Å².